The fourth-order valence-electron chi connectivity index (χ4n) is 5.58. The van der Waals surface area contributed by atoms with Gasteiger partial charge in [0.2, 0.25) is 0 Å². The molecule has 3 aliphatic rings. The van der Waals surface area contributed by atoms with Crippen molar-refractivity contribution in [3.8, 4) is 17.0 Å². The van der Waals surface area contributed by atoms with E-state index in [9.17, 15) is 13.2 Å². The number of nitrogen functional groups attached to an aromatic ring is 1. The summed E-state index contributed by atoms with van der Waals surface area (Å²) in [4.78, 5) is 12.3. The number of hydrogen-bond acceptors (Lipinski definition) is 6. The van der Waals surface area contributed by atoms with Gasteiger partial charge in [0.15, 0.2) is 9.84 Å². The number of nitrogens with zero attached hydrogens (tertiary/aromatic N) is 1. The second-order valence-corrected chi connectivity index (χ2v) is 13.3. The number of hydrogen-bond donors (Lipinski definition) is 2. The lowest BCUT2D eigenvalue weighted by Gasteiger charge is -2.30. The average molecular weight is 538 g/mol. The Balaban J connectivity index is 1.26. The molecule has 2 aliphatic carbocycles. The van der Waals surface area contributed by atoms with Crippen LogP contribution in [-0.2, 0) is 14.6 Å². The van der Waals surface area contributed by atoms with E-state index in [2.05, 4.69) is 9.88 Å². The molecule has 1 amide bonds. The highest BCUT2D eigenvalue weighted by Crippen LogP contribution is 2.45. The van der Waals surface area contributed by atoms with Crippen molar-refractivity contribution in [3.05, 3.63) is 42.5 Å². The summed E-state index contributed by atoms with van der Waals surface area (Å²) >= 11 is 0. The fraction of sp³-hybridized carbons (Fsp3) is 0.483. The van der Waals surface area contributed by atoms with Crippen LogP contribution in [-0.4, -0.2) is 42.8 Å². The quantitative estimate of drug-likeness (QED) is 0.387. The summed E-state index contributed by atoms with van der Waals surface area (Å²) in [5.74, 6) is 1.59. The number of anilines is 2. The number of amides is 1. The zero-order chi connectivity index (χ0) is 26.4. The fourth-order valence-corrected chi connectivity index (χ4v) is 7.02. The maximum atomic E-state index is 12.3. The number of aromatic nitrogens is 1. The summed E-state index contributed by atoms with van der Waals surface area (Å²) in [5.41, 5.74) is 11.1. The van der Waals surface area contributed by atoms with Gasteiger partial charge in [-0.1, -0.05) is 12.1 Å². The second-order valence-electron chi connectivity index (χ2n) is 11.0. The number of nitrogens with one attached hydrogen (secondary N) is 1. The SMILES string of the molecule is C[C@@H](OC(=O)Nc1ccc(-c2c(N)c3ccc(OC4CCS(=O)(=O)CC4)cc3n2C2CCC2)cc1)C1CC1. The number of carbonyl (C=O) groups is 1. The highest BCUT2D eigenvalue weighted by molar-refractivity contribution is 7.91. The Morgan fingerprint density at radius 1 is 1.03 bits per heavy atom. The molecule has 1 saturated heterocycles. The number of carbonyl (C=O) groups excluding carboxylic acids is 1. The highest BCUT2D eigenvalue weighted by Gasteiger charge is 2.31. The minimum absolute atomic E-state index is 0.0627. The minimum atomic E-state index is -2.94. The first-order valence-corrected chi connectivity index (χ1v) is 15.5. The third-order valence-electron chi connectivity index (χ3n) is 8.24. The van der Waals surface area contributed by atoms with E-state index in [-0.39, 0.29) is 23.7 Å². The predicted octanol–water partition coefficient (Wildman–Crippen LogP) is 5.92. The van der Waals surface area contributed by atoms with Crippen molar-refractivity contribution in [2.45, 2.75) is 70.1 Å². The highest BCUT2D eigenvalue weighted by atomic mass is 32.2. The second kappa shape index (κ2) is 9.84. The van der Waals surface area contributed by atoms with Crippen molar-refractivity contribution in [1.82, 2.24) is 4.57 Å². The van der Waals surface area contributed by atoms with Gasteiger partial charge in [-0.2, -0.15) is 0 Å². The third-order valence-corrected chi connectivity index (χ3v) is 9.96. The molecule has 2 saturated carbocycles. The van der Waals surface area contributed by atoms with Crippen LogP contribution in [0.3, 0.4) is 0 Å². The zero-order valence-electron chi connectivity index (χ0n) is 21.7. The van der Waals surface area contributed by atoms with Crippen LogP contribution in [0.5, 0.6) is 5.75 Å². The summed E-state index contributed by atoms with van der Waals surface area (Å²) in [6.45, 7) is 1.94. The topological polar surface area (TPSA) is 113 Å². The molecule has 8 nitrogen and oxygen atoms in total. The van der Waals surface area contributed by atoms with Gasteiger partial charge in [-0.3, -0.25) is 5.32 Å². The van der Waals surface area contributed by atoms with Crippen molar-refractivity contribution in [1.29, 1.82) is 0 Å². The van der Waals surface area contributed by atoms with Gasteiger partial charge in [-0.25, -0.2) is 13.2 Å². The normalized spacial score (nSPS) is 20.6. The van der Waals surface area contributed by atoms with Crippen molar-refractivity contribution in [2.75, 3.05) is 22.6 Å². The molecule has 202 valence electrons. The van der Waals surface area contributed by atoms with E-state index < -0.39 is 15.9 Å². The largest absolute Gasteiger partial charge is 0.490 e. The van der Waals surface area contributed by atoms with Crippen molar-refractivity contribution < 1.29 is 22.7 Å². The summed E-state index contributed by atoms with van der Waals surface area (Å²) in [6, 6.07) is 14.1. The van der Waals surface area contributed by atoms with Crippen LogP contribution in [0, 0.1) is 5.92 Å². The maximum absolute atomic E-state index is 12.3. The molecule has 0 spiro atoms. The number of sulfone groups is 1. The van der Waals surface area contributed by atoms with Gasteiger partial charge in [0.05, 0.1) is 28.4 Å². The molecule has 38 heavy (non-hydrogen) atoms. The Labute approximate surface area is 223 Å². The van der Waals surface area contributed by atoms with E-state index in [0.29, 0.717) is 30.5 Å². The standard InChI is InChI=1S/C29H35N3O5S/c1-18(19-5-6-19)36-29(33)31-21-9-7-20(8-10-21)28-27(30)25-12-11-24(17-26(25)32(28)22-3-2-4-22)37-23-13-15-38(34,35)16-14-23/h7-12,17-19,22-23H,2-6,13-16,30H2,1H3,(H,31,33)/t18-/m1/s1. The van der Waals surface area contributed by atoms with E-state index in [1.165, 1.54) is 6.42 Å². The number of benzene rings is 2. The molecule has 6 rings (SSSR count). The molecule has 9 heteroatoms. The van der Waals surface area contributed by atoms with E-state index in [1.54, 1.807) is 0 Å². The molecule has 0 bridgehead atoms. The van der Waals surface area contributed by atoms with Crippen LogP contribution in [0.4, 0.5) is 16.2 Å². The zero-order valence-corrected chi connectivity index (χ0v) is 22.5. The smallest absolute Gasteiger partial charge is 0.411 e. The Morgan fingerprint density at radius 3 is 2.37 bits per heavy atom. The number of ether oxygens (including phenoxy) is 2. The number of fused-ring (bicyclic) bond motifs is 1. The molecule has 0 unspecified atom stereocenters. The van der Waals surface area contributed by atoms with E-state index in [0.717, 1.165) is 59.3 Å². The van der Waals surface area contributed by atoms with Gasteiger partial charge >= 0.3 is 6.09 Å². The van der Waals surface area contributed by atoms with Crippen LogP contribution < -0.4 is 15.8 Å². The first-order chi connectivity index (χ1) is 18.3. The molecule has 3 fully saturated rings. The molecular formula is C29H35N3O5S. The summed E-state index contributed by atoms with van der Waals surface area (Å²) < 4.78 is 37.6. The van der Waals surface area contributed by atoms with Crippen LogP contribution in [0.25, 0.3) is 22.2 Å². The lowest BCUT2D eigenvalue weighted by atomic mass is 9.92. The molecule has 0 radical (unpaired) electrons. The predicted molar refractivity (Wildman–Crippen MR) is 149 cm³/mol. The molecular weight excluding hydrogens is 502 g/mol. The summed E-state index contributed by atoms with van der Waals surface area (Å²) in [6.07, 6.45) is 6.06. The summed E-state index contributed by atoms with van der Waals surface area (Å²) in [5, 5.41) is 3.81. The Bertz CT molecular complexity index is 1440. The number of nitrogens with two attached hydrogens (primary N) is 1. The lowest BCUT2D eigenvalue weighted by Crippen LogP contribution is -2.30. The maximum Gasteiger partial charge on any atom is 0.411 e. The Morgan fingerprint density at radius 2 is 1.74 bits per heavy atom. The Kier molecular flexibility index (Phi) is 6.50. The molecule has 3 N–H and O–H groups in total. The monoisotopic (exact) mass is 537 g/mol. The molecule has 2 heterocycles. The van der Waals surface area contributed by atoms with Gasteiger partial charge in [0.25, 0.3) is 0 Å². The van der Waals surface area contributed by atoms with E-state index in [4.69, 9.17) is 15.2 Å². The molecule has 2 aromatic carbocycles. The molecule has 1 aromatic heterocycles. The molecule has 3 aromatic rings. The van der Waals surface area contributed by atoms with Gasteiger partial charge in [0.1, 0.15) is 18.0 Å². The van der Waals surface area contributed by atoms with E-state index in [1.807, 2.05) is 49.4 Å². The first-order valence-electron chi connectivity index (χ1n) is 13.7. The number of rotatable bonds is 7. The van der Waals surface area contributed by atoms with E-state index >= 15 is 0 Å². The van der Waals surface area contributed by atoms with Crippen molar-refractivity contribution in [3.63, 3.8) is 0 Å². The van der Waals surface area contributed by atoms with Gasteiger partial charge in [-0.05, 0) is 82.1 Å². The summed E-state index contributed by atoms with van der Waals surface area (Å²) in [7, 11) is -2.94. The van der Waals surface area contributed by atoms with Crippen LogP contribution in [0.15, 0.2) is 42.5 Å². The van der Waals surface area contributed by atoms with Crippen molar-refractivity contribution in [2.24, 2.45) is 5.92 Å². The van der Waals surface area contributed by atoms with Gasteiger partial charge in [0, 0.05) is 28.7 Å². The van der Waals surface area contributed by atoms with Gasteiger partial charge in [-0.15, -0.1) is 0 Å². The molecule has 1 atom stereocenters. The minimum Gasteiger partial charge on any atom is -0.490 e. The van der Waals surface area contributed by atoms with Gasteiger partial charge < -0.3 is 19.8 Å². The Hall–Kier alpha value is -3.20. The van der Waals surface area contributed by atoms with Crippen LogP contribution in [0.1, 0.15) is 57.9 Å². The third kappa shape index (κ3) is 5.08. The van der Waals surface area contributed by atoms with Crippen LogP contribution >= 0.6 is 0 Å². The van der Waals surface area contributed by atoms with Crippen molar-refractivity contribution >= 4 is 38.2 Å². The average Bonchev–Trinajstić information content (AvgIpc) is 3.67. The first kappa shape index (κ1) is 25.1. The molecule has 1 aliphatic heterocycles. The van der Waals surface area contributed by atoms with Crippen LogP contribution in [0.2, 0.25) is 0 Å². The lowest BCUT2D eigenvalue weighted by molar-refractivity contribution is 0.108.